The molecule has 0 aliphatic heterocycles. The number of halogens is 1. The number of aliphatic hydroxyl groups is 1. The smallest absolute Gasteiger partial charge is 0.244 e. The van der Waals surface area contributed by atoms with E-state index in [1.54, 1.807) is 12.1 Å². The predicted molar refractivity (Wildman–Crippen MR) is 67.7 cm³/mol. The molecule has 1 atom stereocenters. The van der Waals surface area contributed by atoms with Crippen LogP contribution in [0.3, 0.4) is 0 Å². The van der Waals surface area contributed by atoms with Crippen LogP contribution in [0.1, 0.15) is 18.2 Å². The highest BCUT2D eigenvalue weighted by Gasteiger charge is 2.03. The van der Waals surface area contributed by atoms with Gasteiger partial charge in [0.25, 0.3) is 0 Å². The highest BCUT2D eigenvalue weighted by Crippen LogP contribution is 2.22. The highest BCUT2D eigenvalue weighted by molar-refractivity contribution is 7.17. The molecule has 1 heterocycles. The third kappa shape index (κ3) is 4.79. The fourth-order valence-corrected chi connectivity index (χ4v) is 2.10. The van der Waals surface area contributed by atoms with Gasteiger partial charge in [0.1, 0.15) is 0 Å². The normalized spacial score (nSPS) is 12.9. The number of nitrogens with one attached hydrogen (secondary N) is 1. The maximum Gasteiger partial charge on any atom is 0.244 e. The Labute approximate surface area is 104 Å². The van der Waals surface area contributed by atoms with Crippen LogP contribution in [0, 0.1) is 0 Å². The molecule has 0 aliphatic carbocycles. The minimum absolute atomic E-state index is 0.0194. The molecule has 1 aromatic heterocycles. The van der Waals surface area contributed by atoms with Gasteiger partial charge in [0.2, 0.25) is 5.91 Å². The van der Waals surface area contributed by atoms with Gasteiger partial charge in [-0.15, -0.1) is 11.3 Å². The second kappa shape index (κ2) is 6.68. The van der Waals surface area contributed by atoms with Crippen LogP contribution in [-0.2, 0) is 4.79 Å². The molecule has 0 bridgehead atoms. The number of hydrogen-bond acceptors (Lipinski definition) is 3. The molecule has 0 radical (unpaired) electrons. The standard InChI is InChI=1S/C11H14ClNO2S/c1-8(6-7-14)13-11(15)5-3-9-2-4-10(12)16-9/h2-5,8,14H,6-7H2,1H3,(H,13,15)/b5-3+. The maximum atomic E-state index is 11.4. The quantitative estimate of drug-likeness (QED) is 0.798. The van der Waals surface area contributed by atoms with Gasteiger partial charge < -0.3 is 10.4 Å². The van der Waals surface area contributed by atoms with Crippen molar-refractivity contribution >= 4 is 34.9 Å². The molecule has 0 spiro atoms. The van der Waals surface area contributed by atoms with E-state index in [1.165, 1.54) is 17.4 Å². The van der Waals surface area contributed by atoms with Crippen LogP contribution in [0.4, 0.5) is 0 Å². The molecule has 0 aromatic carbocycles. The molecule has 0 saturated heterocycles. The van der Waals surface area contributed by atoms with Gasteiger partial charge in [0.05, 0.1) is 4.34 Å². The Bertz CT molecular complexity index is 376. The van der Waals surface area contributed by atoms with Crippen LogP contribution in [0.25, 0.3) is 6.08 Å². The summed E-state index contributed by atoms with van der Waals surface area (Å²) in [6.45, 7) is 1.93. The lowest BCUT2D eigenvalue weighted by molar-refractivity contribution is -0.117. The minimum Gasteiger partial charge on any atom is -0.396 e. The predicted octanol–water partition coefficient (Wildman–Crippen LogP) is 2.30. The van der Waals surface area contributed by atoms with Crippen molar-refractivity contribution in [1.82, 2.24) is 5.32 Å². The molecule has 88 valence electrons. The lowest BCUT2D eigenvalue weighted by Crippen LogP contribution is -2.31. The first-order valence-corrected chi connectivity index (χ1v) is 6.16. The van der Waals surface area contributed by atoms with Crippen molar-refractivity contribution in [2.45, 2.75) is 19.4 Å². The average molecular weight is 260 g/mol. The van der Waals surface area contributed by atoms with Crippen molar-refractivity contribution in [2.24, 2.45) is 0 Å². The first-order valence-electron chi connectivity index (χ1n) is 4.96. The molecule has 2 N–H and O–H groups in total. The number of thiophene rings is 1. The van der Waals surface area contributed by atoms with Crippen molar-refractivity contribution in [3.8, 4) is 0 Å². The van der Waals surface area contributed by atoms with E-state index in [4.69, 9.17) is 16.7 Å². The topological polar surface area (TPSA) is 49.3 Å². The summed E-state index contributed by atoms with van der Waals surface area (Å²) in [5.41, 5.74) is 0. The monoisotopic (exact) mass is 259 g/mol. The third-order valence-electron chi connectivity index (χ3n) is 1.94. The summed E-state index contributed by atoms with van der Waals surface area (Å²) in [7, 11) is 0. The molecular formula is C11H14ClNO2S. The first-order chi connectivity index (χ1) is 7.61. The van der Waals surface area contributed by atoms with Gasteiger partial charge in [0, 0.05) is 23.6 Å². The van der Waals surface area contributed by atoms with Crippen molar-refractivity contribution in [1.29, 1.82) is 0 Å². The Morgan fingerprint density at radius 3 is 3.00 bits per heavy atom. The number of carbonyl (C=O) groups excluding carboxylic acids is 1. The van der Waals surface area contributed by atoms with Crippen molar-refractivity contribution in [3.05, 3.63) is 27.4 Å². The van der Waals surface area contributed by atoms with Gasteiger partial charge in [-0.1, -0.05) is 11.6 Å². The Kier molecular flexibility index (Phi) is 5.52. The molecule has 0 fully saturated rings. The average Bonchev–Trinajstić information content (AvgIpc) is 2.61. The summed E-state index contributed by atoms with van der Waals surface area (Å²) >= 11 is 7.18. The SMILES string of the molecule is CC(CCO)NC(=O)/C=C/c1ccc(Cl)s1. The highest BCUT2D eigenvalue weighted by atomic mass is 35.5. The van der Waals surface area contributed by atoms with E-state index >= 15 is 0 Å². The number of rotatable bonds is 5. The van der Waals surface area contributed by atoms with E-state index in [0.29, 0.717) is 10.8 Å². The van der Waals surface area contributed by atoms with Crippen LogP contribution >= 0.6 is 22.9 Å². The Hall–Kier alpha value is -0.840. The zero-order valence-electron chi connectivity index (χ0n) is 8.94. The van der Waals surface area contributed by atoms with Gasteiger partial charge in [-0.3, -0.25) is 4.79 Å². The zero-order valence-corrected chi connectivity index (χ0v) is 10.5. The molecule has 16 heavy (non-hydrogen) atoms. The van der Waals surface area contributed by atoms with Gasteiger partial charge in [0.15, 0.2) is 0 Å². The number of carbonyl (C=O) groups is 1. The van der Waals surface area contributed by atoms with Gasteiger partial charge in [-0.2, -0.15) is 0 Å². The summed E-state index contributed by atoms with van der Waals surface area (Å²) in [6.07, 6.45) is 3.75. The molecular weight excluding hydrogens is 246 g/mol. The fourth-order valence-electron chi connectivity index (χ4n) is 1.13. The summed E-state index contributed by atoms with van der Waals surface area (Å²) < 4.78 is 0.703. The van der Waals surface area contributed by atoms with Crippen molar-refractivity contribution in [3.63, 3.8) is 0 Å². The van der Waals surface area contributed by atoms with E-state index in [9.17, 15) is 4.79 Å². The number of aliphatic hydroxyl groups excluding tert-OH is 1. The van der Waals surface area contributed by atoms with Crippen molar-refractivity contribution < 1.29 is 9.90 Å². The Balaban J connectivity index is 2.42. The van der Waals surface area contributed by atoms with Crippen LogP contribution in [0.5, 0.6) is 0 Å². The molecule has 1 rings (SSSR count). The Morgan fingerprint density at radius 2 is 2.44 bits per heavy atom. The lowest BCUT2D eigenvalue weighted by Gasteiger charge is -2.09. The van der Waals surface area contributed by atoms with Crippen LogP contribution in [0.2, 0.25) is 4.34 Å². The number of hydrogen-bond donors (Lipinski definition) is 2. The molecule has 0 aliphatic rings. The van der Waals surface area contributed by atoms with Gasteiger partial charge in [-0.25, -0.2) is 0 Å². The van der Waals surface area contributed by atoms with E-state index < -0.39 is 0 Å². The largest absolute Gasteiger partial charge is 0.396 e. The third-order valence-corrected chi connectivity index (χ3v) is 3.14. The molecule has 1 amide bonds. The van der Waals surface area contributed by atoms with Gasteiger partial charge in [-0.05, 0) is 31.6 Å². The summed E-state index contributed by atoms with van der Waals surface area (Å²) in [5, 5.41) is 11.4. The maximum absolute atomic E-state index is 11.4. The summed E-state index contributed by atoms with van der Waals surface area (Å²) in [5.74, 6) is -0.162. The van der Waals surface area contributed by atoms with Crippen molar-refractivity contribution in [2.75, 3.05) is 6.61 Å². The van der Waals surface area contributed by atoms with Crippen LogP contribution in [0.15, 0.2) is 18.2 Å². The zero-order chi connectivity index (χ0) is 12.0. The molecule has 1 aromatic rings. The molecule has 3 nitrogen and oxygen atoms in total. The first kappa shape index (κ1) is 13.2. The summed E-state index contributed by atoms with van der Waals surface area (Å²) in [6, 6.07) is 3.63. The van der Waals surface area contributed by atoms with E-state index in [1.807, 2.05) is 13.0 Å². The fraction of sp³-hybridized carbons (Fsp3) is 0.364. The van der Waals surface area contributed by atoms with Crippen LogP contribution in [-0.4, -0.2) is 23.7 Å². The second-order valence-electron chi connectivity index (χ2n) is 3.40. The molecule has 1 unspecified atom stereocenters. The van der Waals surface area contributed by atoms with Crippen LogP contribution < -0.4 is 5.32 Å². The molecule has 0 saturated carbocycles. The van der Waals surface area contributed by atoms with E-state index in [0.717, 1.165) is 4.88 Å². The second-order valence-corrected chi connectivity index (χ2v) is 5.14. The van der Waals surface area contributed by atoms with E-state index in [-0.39, 0.29) is 18.6 Å². The molecule has 5 heteroatoms. The Morgan fingerprint density at radius 1 is 1.69 bits per heavy atom. The number of amides is 1. The minimum atomic E-state index is -0.162. The summed E-state index contributed by atoms with van der Waals surface area (Å²) in [4.78, 5) is 12.3. The van der Waals surface area contributed by atoms with Gasteiger partial charge >= 0.3 is 0 Å². The van der Waals surface area contributed by atoms with E-state index in [2.05, 4.69) is 5.32 Å². The lowest BCUT2D eigenvalue weighted by atomic mass is 10.2.